The van der Waals surface area contributed by atoms with Crippen LogP contribution in [0.3, 0.4) is 0 Å². The Balaban J connectivity index is 2.35. The molecule has 0 radical (unpaired) electrons. The highest BCUT2D eigenvalue weighted by atomic mass is 16.7. The molecule has 1 heterocycles. The van der Waals surface area contributed by atoms with Crippen molar-refractivity contribution in [3.05, 3.63) is 0 Å². The van der Waals surface area contributed by atoms with Gasteiger partial charge in [0.15, 0.2) is 0 Å². The van der Waals surface area contributed by atoms with Crippen LogP contribution in [0.5, 0.6) is 0 Å². The Hall–Kier alpha value is -0.810. The lowest BCUT2D eigenvalue weighted by Gasteiger charge is -2.30. The van der Waals surface area contributed by atoms with Gasteiger partial charge in [-0.1, -0.05) is 0 Å². The molecular formula is C6H13N3O2. The molecule has 1 atom stereocenters. The van der Waals surface area contributed by atoms with Crippen molar-refractivity contribution in [2.75, 3.05) is 19.6 Å². The standard InChI is InChI=1S/C6H13N3O2/c1-5-4-8-2-3-9(5)11-6(7)10/h5,8H,2-4H2,1H3,(H2,7,10). The van der Waals surface area contributed by atoms with E-state index in [1.807, 2.05) is 6.92 Å². The number of hydrogen-bond donors (Lipinski definition) is 2. The summed E-state index contributed by atoms with van der Waals surface area (Å²) in [4.78, 5) is 15.1. The molecule has 1 fully saturated rings. The molecule has 1 aliphatic heterocycles. The second-order valence-corrected chi connectivity index (χ2v) is 2.60. The fourth-order valence-electron chi connectivity index (χ4n) is 1.07. The Kier molecular flexibility index (Phi) is 2.67. The zero-order valence-electron chi connectivity index (χ0n) is 6.54. The molecule has 5 heteroatoms. The number of carbonyl (C=O) groups is 1. The molecule has 1 aliphatic rings. The summed E-state index contributed by atoms with van der Waals surface area (Å²) in [6.07, 6.45) is -0.737. The highest BCUT2D eigenvalue weighted by molar-refractivity contribution is 5.64. The predicted molar refractivity (Wildman–Crippen MR) is 39.7 cm³/mol. The number of nitrogens with two attached hydrogens (primary N) is 1. The summed E-state index contributed by atoms with van der Waals surface area (Å²) in [5.41, 5.74) is 4.86. The maximum atomic E-state index is 10.4. The van der Waals surface area contributed by atoms with Gasteiger partial charge in [-0.2, -0.15) is 0 Å². The van der Waals surface area contributed by atoms with Crippen molar-refractivity contribution in [2.45, 2.75) is 13.0 Å². The Morgan fingerprint density at radius 3 is 3.09 bits per heavy atom. The molecule has 11 heavy (non-hydrogen) atoms. The van der Waals surface area contributed by atoms with Gasteiger partial charge in [-0.3, -0.25) is 0 Å². The number of rotatable bonds is 1. The Morgan fingerprint density at radius 1 is 1.82 bits per heavy atom. The average molecular weight is 159 g/mol. The minimum Gasteiger partial charge on any atom is -0.351 e. The average Bonchev–Trinajstić information content (AvgIpc) is 1.93. The van der Waals surface area contributed by atoms with Crippen LogP contribution in [-0.2, 0) is 4.84 Å². The molecule has 0 saturated carbocycles. The highest BCUT2D eigenvalue weighted by Crippen LogP contribution is 2.01. The molecule has 1 unspecified atom stereocenters. The summed E-state index contributed by atoms with van der Waals surface area (Å²) in [7, 11) is 0. The number of primary amides is 1. The SMILES string of the molecule is CC1CNCCN1OC(N)=O. The molecule has 0 bridgehead atoms. The third kappa shape index (κ3) is 2.36. The van der Waals surface area contributed by atoms with Crippen LogP contribution in [-0.4, -0.2) is 36.8 Å². The number of hydrogen-bond acceptors (Lipinski definition) is 4. The lowest BCUT2D eigenvalue weighted by molar-refractivity contribution is -0.131. The number of carbonyl (C=O) groups excluding carboxylic acids is 1. The summed E-state index contributed by atoms with van der Waals surface area (Å²) < 4.78 is 0. The van der Waals surface area contributed by atoms with E-state index < -0.39 is 6.09 Å². The van der Waals surface area contributed by atoms with Gasteiger partial charge in [-0.05, 0) is 6.92 Å². The van der Waals surface area contributed by atoms with Gasteiger partial charge in [-0.25, -0.2) is 4.79 Å². The van der Waals surface area contributed by atoms with Crippen LogP contribution in [0.15, 0.2) is 0 Å². The van der Waals surface area contributed by atoms with Gasteiger partial charge in [0.1, 0.15) is 0 Å². The molecule has 0 aromatic carbocycles. The van der Waals surface area contributed by atoms with Crippen LogP contribution in [0.1, 0.15) is 6.92 Å². The molecule has 1 rings (SSSR count). The molecule has 0 aromatic heterocycles. The molecule has 1 saturated heterocycles. The molecule has 0 spiro atoms. The number of nitrogens with zero attached hydrogens (tertiary/aromatic N) is 1. The van der Waals surface area contributed by atoms with Crippen LogP contribution < -0.4 is 11.1 Å². The quantitative estimate of drug-likeness (QED) is 0.530. The minimum absolute atomic E-state index is 0.205. The van der Waals surface area contributed by atoms with Gasteiger partial charge < -0.3 is 15.9 Å². The van der Waals surface area contributed by atoms with E-state index in [1.165, 1.54) is 0 Å². The van der Waals surface area contributed by atoms with Crippen LogP contribution in [0.2, 0.25) is 0 Å². The monoisotopic (exact) mass is 159 g/mol. The summed E-state index contributed by atoms with van der Waals surface area (Å²) >= 11 is 0. The zero-order chi connectivity index (χ0) is 8.27. The number of piperazine rings is 1. The Morgan fingerprint density at radius 2 is 2.55 bits per heavy atom. The first kappa shape index (κ1) is 8.29. The summed E-state index contributed by atoms with van der Waals surface area (Å²) in [6, 6.07) is 0.205. The molecule has 1 amide bonds. The van der Waals surface area contributed by atoms with Gasteiger partial charge in [0.25, 0.3) is 0 Å². The van der Waals surface area contributed by atoms with Crippen molar-refractivity contribution < 1.29 is 9.63 Å². The lowest BCUT2D eigenvalue weighted by Crippen LogP contribution is -2.50. The van der Waals surface area contributed by atoms with E-state index in [1.54, 1.807) is 5.06 Å². The predicted octanol–water partition coefficient (Wildman–Crippen LogP) is -0.710. The first-order chi connectivity index (χ1) is 5.20. The van der Waals surface area contributed by atoms with Gasteiger partial charge in [0.05, 0.1) is 6.04 Å². The van der Waals surface area contributed by atoms with Gasteiger partial charge in [0.2, 0.25) is 0 Å². The van der Waals surface area contributed by atoms with Crippen molar-refractivity contribution in [3.8, 4) is 0 Å². The second-order valence-electron chi connectivity index (χ2n) is 2.60. The third-order valence-electron chi connectivity index (χ3n) is 1.65. The number of nitrogens with one attached hydrogen (secondary N) is 1. The zero-order valence-corrected chi connectivity index (χ0v) is 6.54. The van der Waals surface area contributed by atoms with Gasteiger partial charge in [0, 0.05) is 19.6 Å². The maximum absolute atomic E-state index is 10.4. The molecular weight excluding hydrogens is 146 g/mol. The van der Waals surface area contributed by atoms with E-state index in [0.717, 1.165) is 13.1 Å². The molecule has 64 valence electrons. The van der Waals surface area contributed by atoms with E-state index in [0.29, 0.717) is 6.54 Å². The fraction of sp³-hybridized carbons (Fsp3) is 0.833. The number of amides is 1. The summed E-state index contributed by atoms with van der Waals surface area (Å²) in [5, 5.41) is 4.76. The van der Waals surface area contributed by atoms with E-state index >= 15 is 0 Å². The molecule has 3 N–H and O–H groups in total. The van der Waals surface area contributed by atoms with E-state index in [-0.39, 0.29) is 6.04 Å². The first-order valence-corrected chi connectivity index (χ1v) is 3.65. The van der Waals surface area contributed by atoms with Crippen molar-refractivity contribution in [1.82, 2.24) is 10.4 Å². The normalized spacial score (nSPS) is 26.5. The van der Waals surface area contributed by atoms with E-state index in [9.17, 15) is 4.79 Å². The van der Waals surface area contributed by atoms with Crippen LogP contribution in [0.25, 0.3) is 0 Å². The van der Waals surface area contributed by atoms with Crippen molar-refractivity contribution in [2.24, 2.45) is 5.73 Å². The van der Waals surface area contributed by atoms with E-state index in [4.69, 9.17) is 10.6 Å². The highest BCUT2D eigenvalue weighted by Gasteiger charge is 2.20. The Labute approximate surface area is 65.4 Å². The maximum Gasteiger partial charge on any atom is 0.423 e. The fourth-order valence-corrected chi connectivity index (χ4v) is 1.07. The topological polar surface area (TPSA) is 67.6 Å². The van der Waals surface area contributed by atoms with Crippen molar-refractivity contribution >= 4 is 6.09 Å². The van der Waals surface area contributed by atoms with Crippen LogP contribution in [0.4, 0.5) is 4.79 Å². The first-order valence-electron chi connectivity index (χ1n) is 3.65. The Bertz CT molecular complexity index is 151. The molecule has 5 nitrogen and oxygen atoms in total. The van der Waals surface area contributed by atoms with Crippen molar-refractivity contribution in [3.63, 3.8) is 0 Å². The third-order valence-corrected chi connectivity index (χ3v) is 1.65. The minimum atomic E-state index is -0.737. The second kappa shape index (κ2) is 3.54. The summed E-state index contributed by atoms with van der Waals surface area (Å²) in [6.45, 7) is 4.32. The lowest BCUT2D eigenvalue weighted by atomic mass is 10.3. The largest absolute Gasteiger partial charge is 0.423 e. The molecule has 0 aliphatic carbocycles. The van der Waals surface area contributed by atoms with Crippen LogP contribution >= 0.6 is 0 Å². The van der Waals surface area contributed by atoms with Crippen LogP contribution in [0, 0.1) is 0 Å². The smallest absolute Gasteiger partial charge is 0.351 e. The van der Waals surface area contributed by atoms with Gasteiger partial charge >= 0.3 is 6.09 Å². The molecule has 0 aromatic rings. The van der Waals surface area contributed by atoms with Gasteiger partial charge in [-0.15, -0.1) is 5.06 Å². The van der Waals surface area contributed by atoms with Crippen molar-refractivity contribution in [1.29, 1.82) is 0 Å². The summed E-state index contributed by atoms with van der Waals surface area (Å²) in [5.74, 6) is 0. The number of hydroxylamine groups is 2. The van der Waals surface area contributed by atoms with E-state index in [2.05, 4.69) is 5.32 Å².